The van der Waals surface area contributed by atoms with Gasteiger partial charge in [-0.1, -0.05) is 66.7 Å². The van der Waals surface area contributed by atoms with Gasteiger partial charge in [-0.15, -0.1) is 0 Å². The summed E-state index contributed by atoms with van der Waals surface area (Å²) in [6.45, 7) is 1.93. The molecule has 1 unspecified atom stereocenters. The first-order valence-electron chi connectivity index (χ1n) is 9.87. The zero-order chi connectivity index (χ0) is 20.9. The van der Waals surface area contributed by atoms with Crippen LogP contribution in [0.3, 0.4) is 0 Å². The second-order valence-corrected chi connectivity index (χ2v) is 7.25. The van der Waals surface area contributed by atoms with Crippen molar-refractivity contribution in [1.82, 2.24) is 10.3 Å². The molecule has 0 bridgehead atoms. The van der Waals surface area contributed by atoms with Gasteiger partial charge in [0, 0.05) is 22.8 Å². The lowest BCUT2D eigenvalue weighted by Gasteiger charge is -2.19. The van der Waals surface area contributed by atoms with Gasteiger partial charge >= 0.3 is 0 Å². The number of hydrogen-bond acceptors (Lipinski definition) is 2. The van der Waals surface area contributed by atoms with E-state index in [1.54, 1.807) is 0 Å². The Balaban J connectivity index is 1.55. The molecule has 2 amide bonds. The Morgan fingerprint density at radius 2 is 1.60 bits per heavy atom. The lowest BCUT2D eigenvalue weighted by Crippen LogP contribution is -2.37. The number of rotatable bonds is 6. The van der Waals surface area contributed by atoms with Crippen molar-refractivity contribution in [2.75, 3.05) is 5.32 Å². The Labute approximate surface area is 175 Å². The molecule has 0 saturated carbocycles. The number of fused-ring (bicyclic) bond motifs is 1. The van der Waals surface area contributed by atoms with Crippen LogP contribution in [0.1, 0.15) is 22.7 Å². The minimum atomic E-state index is -0.788. The third-order valence-corrected chi connectivity index (χ3v) is 5.13. The number of hydrogen-bond donors (Lipinski definition) is 3. The first kappa shape index (κ1) is 19.5. The molecular weight excluding hydrogens is 374 g/mol. The number of nitrogens with one attached hydrogen (secondary N) is 3. The molecule has 1 heterocycles. The molecule has 0 spiro atoms. The summed E-state index contributed by atoms with van der Waals surface area (Å²) in [6.07, 6.45) is 2.03. The minimum absolute atomic E-state index is 0.186. The number of carbonyl (C=O) groups is 2. The largest absolute Gasteiger partial charge is 0.361 e. The molecule has 4 rings (SSSR count). The van der Waals surface area contributed by atoms with E-state index in [9.17, 15) is 9.59 Å². The van der Waals surface area contributed by atoms with Crippen molar-refractivity contribution in [1.29, 1.82) is 0 Å². The predicted octanol–water partition coefficient (Wildman–Crippen LogP) is 4.52. The van der Waals surface area contributed by atoms with E-state index in [0.717, 1.165) is 33.3 Å². The van der Waals surface area contributed by atoms with Crippen molar-refractivity contribution < 1.29 is 9.59 Å². The zero-order valence-corrected chi connectivity index (χ0v) is 16.7. The number of benzene rings is 3. The minimum Gasteiger partial charge on any atom is -0.361 e. The summed E-state index contributed by atoms with van der Waals surface area (Å²) in [5.74, 6) is -0.490. The maximum Gasteiger partial charge on any atom is 0.251 e. The molecule has 0 fully saturated rings. The van der Waals surface area contributed by atoms with E-state index in [1.807, 2.05) is 92.0 Å². The summed E-state index contributed by atoms with van der Waals surface area (Å²) in [5.41, 5.74) is 4.30. The number of carbonyl (C=O) groups excluding carboxylic acids is 2. The average molecular weight is 397 g/mol. The van der Waals surface area contributed by atoms with Crippen LogP contribution in [-0.2, 0) is 16.0 Å². The van der Waals surface area contributed by atoms with Crippen LogP contribution < -0.4 is 10.6 Å². The summed E-state index contributed by atoms with van der Waals surface area (Å²) in [6, 6.07) is 23.9. The van der Waals surface area contributed by atoms with Gasteiger partial charge in [0.25, 0.3) is 5.91 Å². The highest BCUT2D eigenvalue weighted by molar-refractivity contribution is 5.99. The number of aryl methyl sites for hydroxylation is 1. The summed E-state index contributed by atoms with van der Waals surface area (Å²) >= 11 is 0. The van der Waals surface area contributed by atoms with Gasteiger partial charge in [-0.3, -0.25) is 9.59 Å². The molecular formula is C25H23N3O2. The Hall–Kier alpha value is -3.86. The lowest BCUT2D eigenvalue weighted by atomic mass is 10.0. The van der Waals surface area contributed by atoms with Gasteiger partial charge in [0.1, 0.15) is 6.04 Å². The number of para-hydroxylation sites is 2. The third kappa shape index (κ3) is 4.25. The van der Waals surface area contributed by atoms with Crippen LogP contribution in [-0.4, -0.2) is 16.8 Å². The normalized spacial score (nSPS) is 11.8. The van der Waals surface area contributed by atoms with Crippen molar-refractivity contribution in [2.24, 2.45) is 0 Å². The number of anilines is 1. The Morgan fingerprint density at radius 1 is 0.900 bits per heavy atom. The van der Waals surface area contributed by atoms with E-state index in [2.05, 4.69) is 15.6 Å². The standard InChI is InChI=1S/C25H23N3O2/c1-17-9-5-7-13-21(17)27-25(30)24(18-10-3-2-4-11-18)28-23(29)15-19-16-26-22-14-8-6-12-20(19)22/h2-14,16,24,26H,15H2,1H3,(H,27,30)(H,28,29). The molecule has 30 heavy (non-hydrogen) atoms. The van der Waals surface area contributed by atoms with Gasteiger partial charge in [0.15, 0.2) is 0 Å². The highest BCUT2D eigenvalue weighted by Crippen LogP contribution is 2.21. The van der Waals surface area contributed by atoms with Crippen LogP contribution in [0.2, 0.25) is 0 Å². The van der Waals surface area contributed by atoms with Crippen LogP contribution in [0.5, 0.6) is 0 Å². The van der Waals surface area contributed by atoms with E-state index in [1.165, 1.54) is 0 Å². The fourth-order valence-corrected chi connectivity index (χ4v) is 3.53. The SMILES string of the molecule is Cc1ccccc1NC(=O)C(NC(=O)Cc1c[nH]c2ccccc12)c1ccccc1. The lowest BCUT2D eigenvalue weighted by molar-refractivity contribution is -0.126. The van der Waals surface area contributed by atoms with Crippen LogP contribution >= 0.6 is 0 Å². The average Bonchev–Trinajstić information content (AvgIpc) is 3.17. The second-order valence-electron chi connectivity index (χ2n) is 7.25. The predicted molar refractivity (Wildman–Crippen MR) is 119 cm³/mol. The Kier molecular flexibility index (Phi) is 5.61. The van der Waals surface area contributed by atoms with Crippen molar-refractivity contribution in [3.05, 3.63) is 102 Å². The topological polar surface area (TPSA) is 74.0 Å². The quantitative estimate of drug-likeness (QED) is 0.448. The van der Waals surface area contributed by atoms with Gasteiger partial charge < -0.3 is 15.6 Å². The Morgan fingerprint density at radius 3 is 2.40 bits per heavy atom. The molecule has 0 aliphatic heterocycles. The van der Waals surface area contributed by atoms with Gasteiger partial charge in [-0.2, -0.15) is 0 Å². The molecule has 150 valence electrons. The van der Waals surface area contributed by atoms with Crippen molar-refractivity contribution in [3.8, 4) is 0 Å². The number of aromatic amines is 1. The first-order valence-corrected chi connectivity index (χ1v) is 9.87. The second kappa shape index (κ2) is 8.66. The molecule has 5 heteroatoms. The van der Waals surface area contributed by atoms with E-state index in [4.69, 9.17) is 0 Å². The highest BCUT2D eigenvalue weighted by atomic mass is 16.2. The molecule has 3 N–H and O–H groups in total. The molecule has 5 nitrogen and oxygen atoms in total. The van der Waals surface area contributed by atoms with E-state index in [0.29, 0.717) is 0 Å². The molecule has 1 atom stereocenters. The molecule has 4 aromatic rings. The van der Waals surface area contributed by atoms with Gasteiger partial charge in [-0.25, -0.2) is 0 Å². The monoisotopic (exact) mass is 397 g/mol. The summed E-state index contributed by atoms with van der Waals surface area (Å²) in [5, 5.41) is 6.86. The van der Waals surface area contributed by atoms with Gasteiger partial charge in [0.05, 0.1) is 6.42 Å². The molecule has 3 aromatic carbocycles. The van der Waals surface area contributed by atoms with Crippen LogP contribution in [0.25, 0.3) is 10.9 Å². The van der Waals surface area contributed by atoms with Gasteiger partial charge in [0.2, 0.25) is 5.91 Å². The third-order valence-electron chi connectivity index (χ3n) is 5.13. The maximum absolute atomic E-state index is 13.1. The molecule has 1 aromatic heterocycles. The van der Waals surface area contributed by atoms with Crippen molar-refractivity contribution in [2.45, 2.75) is 19.4 Å². The van der Waals surface area contributed by atoms with Crippen molar-refractivity contribution in [3.63, 3.8) is 0 Å². The molecule has 0 aliphatic rings. The molecule has 0 radical (unpaired) electrons. The van der Waals surface area contributed by atoms with Crippen LogP contribution in [0.15, 0.2) is 85.1 Å². The smallest absolute Gasteiger partial charge is 0.251 e. The number of aromatic nitrogens is 1. The molecule has 0 aliphatic carbocycles. The van der Waals surface area contributed by atoms with Crippen LogP contribution in [0, 0.1) is 6.92 Å². The number of amides is 2. The fraction of sp³-hybridized carbons (Fsp3) is 0.120. The van der Waals surface area contributed by atoms with E-state index in [-0.39, 0.29) is 18.2 Å². The van der Waals surface area contributed by atoms with E-state index < -0.39 is 6.04 Å². The Bertz CT molecular complexity index is 1180. The first-order chi connectivity index (χ1) is 14.6. The van der Waals surface area contributed by atoms with Crippen LogP contribution in [0.4, 0.5) is 5.69 Å². The summed E-state index contributed by atoms with van der Waals surface area (Å²) in [4.78, 5) is 29.1. The summed E-state index contributed by atoms with van der Waals surface area (Å²) in [7, 11) is 0. The van der Waals surface area contributed by atoms with Crippen molar-refractivity contribution >= 4 is 28.4 Å². The number of H-pyrrole nitrogens is 1. The highest BCUT2D eigenvalue weighted by Gasteiger charge is 2.23. The van der Waals surface area contributed by atoms with Gasteiger partial charge in [-0.05, 0) is 35.7 Å². The summed E-state index contributed by atoms with van der Waals surface area (Å²) < 4.78 is 0. The maximum atomic E-state index is 13.1. The van der Waals surface area contributed by atoms with E-state index >= 15 is 0 Å². The zero-order valence-electron chi connectivity index (χ0n) is 16.7. The fourth-order valence-electron chi connectivity index (χ4n) is 3.53. The molecule has 0 saturated heterocycles.